The molecule has 0 radical (unpaired) electrons. The normalized spacial score (nSPS) is 16.9. The number of aromatic nitrogens is 1. The van der Waals surface area contributed by atoms with Crippen molar-refractivity contribution in [3.8, 4) is 5.75 Å². The van der Waals surface area contributed by atoms with Crippen LogP contribution in [0.15, 0.2) is 45.7 Å². The quantitative estimate of drug-likeness (QED) is 0.571. The monoisotopic (exact) mass is 446 g/mol. The maximum atomic E-state index is 12.8. The van der Waals surface area contributed by atoms with E-state index in [0.29, 0.717) is 24.1 Å². The number of carbonyl (C=O) groups excluding carboxylic acids is 1. The SMILES string of the molecule is Cc1c(CCC(=O)NCc2ccccn2)c(=O)oc2cc3c(cc12)CCC1(CCCCC1)O3. The lowest BCUT2D eigenvalue weighted by molar-refractivity contribution is -0.121. The van der Waals surface area contributed by atoms with E-state index in [2.05, 4.69) is 16.4 Å². The maximum absolute atomic E-state index is 12.8. The van der Waals surface area contributed by atoms with Gasteiger partial charge in [0.15, 0.2) is 0 Å². The highest BCUT2D eigenvalue weighted by Gasteiger charge is 2.37. The molecule has 5 rings (SSSR count). The minimum atomic E-state index is -0.374. The molecule has 1 aromatic carbocycles. The van der Waals surface area contributed by atoms with E-state index in [9.17, 15) is 9.59 Å². The molecule has 1 spiro atoms. The van der Waals surface area contributed by atoms with Gasteiger partial charge in [-0.15, -0.1) is 0 Å². The number of rotatable bonds is 5. The number of fused-ring (bicyclic) bond motifs is 2. The first-order chi connectivity index (χ1) is 16.0. The zero-order valence-electron chi connectivity index (χ0n) is 19.1. The van der Waals surface area contributed by atoms with Crippen molar-refractivity contribution in [1.82, 2.24) is 10.3 Å². The van der Waals surface area contributed by atoms with E-state index in [1.807, 2.05) is 31.2 Å². The van der Waals surface area contributed by atoms with Gasteiger partial charge in [0.2, 0.25) is 5.91 Å². The molecule has 6 heteroatoms. The molecule has 1 aliphatic heterocycles. The zero-order valence-corrected chi connectivity index (χ0v) is 19.1. The van der Waals surface area contributed by atoms with Crippen molar-refractivity contribution in [3.05, 3.63) is 69.3 Å². The van der Waals surface area contributed by atoms with Gasteiger partial charge in [-0.2, -0.15) is 0 Å². The van der Waals surface area contributed by atoms with Crippen LogP contribution in [0.1, 0.15) is 67.3 Å². The summed E-state index contributed by atoms with van der Waals surface area (Å²) >= 11 is 0. The third kappa shape index (κ3) is 4.52. The van der Waals surface area contributed by atoms with E-state index in [1.54, 1.807) is 6.20 Å². The fourth-order valence-electron chi connectivity index (χ4n) is 5.25. The van der Waals surface area contributed by atoms with Gasteiger partial charge >= 0.3 is 5.63 Å². The molecule has 0 saturated heterocycles. The van der Waals surface area contributed by atoms with Crippen LogP contribution < -0.4 is 15.7 Å². The lowest BCUT2D eigenvalue weighted by atomic mass is 9.79. The molecule has 2 aromatic heterocycles. The van der Waals surface area contributed by atoms with Crippen LogP contribution in [-0.2, 0) is 24.2 Å². The van der Waals surface area contributed by atoms with E-state index < -0.39 is 0 Å². The van der Waals surface area contributed by atoms with Crippen LogP contribution in [-0.4, -0.2) is 16.5 Å². The lowest BCUT2D eigenvalue weighted by Gasteiger charge is -2.41. The van der Waals surface area contributed by atoms with Gasteiger partial charge in [-0.05, 0) is 81.2 Å². The number of nitrogens with zero attached hydrogens (tertiary/aromatic N) is 1. The van der Waals surface area contributed by atoms with Gasteiger partial charge in [0.05, 0.1) is 12.2 Å². The van der Waals surface area contributed by atoms with Gasteiger partial charge in [-0.3, -0.25) is 9.78 Å². The highest BCUT2D eigenvalue weighted by atomic mass is 16.5. The summed E-state index contributed by atoms with van der Waals surface area (Å²) in [5, 5.41) is 3.79. The van der Waals surface area contributed by atoms with Crippen LogP contribution in [0.25, 0.3) is 11.0 Å². The Kier molecular flexibility index (Phi) is 5.92. The standard InChI is InChI=1S/C27H30N2O4/c1-18-21(8-9-25(30)29-17-20-7-3-6-14-28-20)26(31)32-24-16-23-19(15-22(18)24)10-13-27(33-23)11-4-2-5-12-27/h3,6-7,14-16H,2,4-5,8-13,17H2,1H3,(H,29,30). The summed E-state index contributed by atoms with van der Waals surface area (Å²) in [5.41, 5.74) is 3.57. The van der Waals surface area contributed by atoms with Crippen molar-refractivity contribution in [2.75, 3.05) is 0 Å². The molecule has 3 aromatic rings. The number of hydrogen-bond acceptors (Lipinski definition) is 5. The van der Waals surface area contributed by atoms with Crippen molar-refractivity contribution in [3.63, 3.8) is 0 Å². The van der Waals surface area contributed by atoms with E-state index in [1.165, 1.54) is 24.8 Å². The van der Waals surface area contributed by atoms with Gasteiger partial charge in [0.25, 0.3) is 0 Å². The Hall–Kier alpha value is -3.15. The van der Waals surface area contributed by atoms with Crippen molar-refractivity contribution in [2.45, 2.75) is 76.9 Å². The van der Waals surface area contributed by atoms with Gasteiger partial charge in [-0.25, -0.2) is 4.79 Å². The fourth-order valence-corrected chi connectivity index (χ4v) is 5.25. The van der Waals surface area contributed by atoms with Crippen molar-refractivity contribution >= 4 is 16.9 Å². The molecule has 6 nitrogen and oxygen atoms in total. The molecule has 0 bridgehead atoms. The van der Waals surface area contributed by atoms with Gasteiger partial charge in [0.1, 0.15) is 16.9 Å². The van der Waals surface area contributed by atoms with Crippen LogP contribution in [0.2, 0.25) is 0 Å². The Labute approximate surface area is 193 Å². The molecule has 172 valence electrons. The predicted molar refractivity (Wildman–Crippen MR) is 126 cm³/mol. The first-order valence-corrected chi connectivity index (χ1v) is 12.0. The Morgan fingerprint density at radius 3 is 2.79 bits per heavy atom. The number of carbonyl (C=O) groups is 1. The van der Waals surface area contributed by atoms with Gasteiger partial charge in [0, 0.05) is 29.6 Å². The number of ether oxygens (including phenoxy) is 1. The summed E-state index contributed by atoms with van der Waals surface area (Å²) in [5.74, 6) is 0.746. The van der Waals surface area contributed by atoms with Crippen LogP contribution in [0.5, 0.6) is 5.75 Å². The largest absolute Gasteiger partial charge is 0.487 e. The minimum absolute atomic E-state index is 0.0448. The number of nitrogens with one attached hydrogen (secondary N) is 1. The van der Waals surface area contributed by atoms with Crippen LogP contribution in [0.4, 0.5) is 0 Å². The summed E-state index contributed by atoms with van der Waals surface area (Å²) in [6.07, 6.45) is 10.2. The van der Waals surface area contributed by atoms with Crippen LogP contribution in [0.3, 0.4) is 0 Å². The molecule has 1 amide bonds. The number of hydrogen-bond donors (Lipinski definition) is 1. The Morgan fingerprint density at radius 2 is 2.00 bits per heavy atom. The van der Waals surface area contributed by atoms with E-state index in [-0.39, 0.29) is 23.6 Å². The van der Waals surface area contributed by atoms with Gasteiger partial charge < -0.3 is 14.5 Å². The number of benzene rings is 1. The third-order valence-electron chi connectivity index (χ3n) is 7.20. The number of pyridine rings is 1. The van der Waals surface area contributed by atoms with E-state index >= 15 is 0 Å². The molecule has 33 heavy (non-hydrogen) atoms. The topological polar surface area (TPSA) is 81.4 Å². The van der Waals surface area contributed by atoms with Crippen molar-refractivity contribution in [1.29, 1.82) is 0 Å². The van der Waals surface area contributed by atoms with E-state index in [0.717, 1.165) is 48.1 Å². The van der Waals surface area contributed by atoms with Crippen LogP contribution in [0, 0.1) is 6.92 Å². The van der Waals surface area contributed by atoms with Crippen molar-refractivity contribution in [2.24, 2.45) is 0 Å². The van der Waals surface area contributed by atoms with Gasteiger partial charge in [-0.1, -0.05) is 12.5 Å². The highest BCUT2D eigenvalue weighted by Crippen LogP contribution is 2.43. The lowest BCUT2D eigenvalue weighted by Crippen LogP contribution is -2.41. The smallest absolute Gasteiger partial charge is 0.339 e. The first-order valence-electron chi connectivity index (χ1n) is 12.0. The Bertz CT molecular complexity index is 1230. The number of aryl methyl sites for hydroxylation is 2. The first kappa shape index (κ1) is 21.7. The summed E-state index contributed by atoms with van der Waals surface area (Å²) < 4.78 is 12.2. The molecule has 1 aliphatic carbocycles. The average molecular weight is 447 g/mol. The average Bonchev–Trinajstić information content (AvgIpc) is 2.83. The summed E-state index contributed by atoms with van der Waals surface area (Å²) in [6.45, 7) is 2.32. The molecule has 1 fully saturated rings. The van der Waals surface area contributed by atoms with Crippen LogP contribution >= 0.6 is 0 Å². The third-order valence-corrected chi connectivity index (χ3v) is 7.20. The molecular weight excluding hydrogens is 416 g/mol. The molecule has 0 unspecified atom stereocenters. The Balaban J connectivity index is 1.33. The Morgan fingerprint density at radius 1 is 1.15 bits per heavy atom. The second-order valence-electron chi connectivity index (χ2n) is 9.39. The molecule has 1 saturated carbocycles. The molecule has 0 atom stereocenters. The minimum Gasteiger partial charge on any atom is -0.487 e. The molecular formula is C27H30N2O4. The fraction of sp³-hybridized carbons (Fsp3) is 0.444. The second-order valence-corrected chi connectivity index (χ2v) is 9.39. The summed E-state index contributed by atoms with van der Waals surface area (Å²) in [4.78, 5) is 29.3. The summed E-state index contributed by atoms with van der Waals surface area (Å²) in [7, 11) is 0. The summed E-state index contributed by atoms with van der Waals surface area (Å²) in [6, 6.07) is 9.60. The maximum Gasteiger partial charge on any atom is 0.339 e. The second kappa shape index (κ2) is 9.00. The number of amides is 1. The molecule has 3 heterocycles. The highest BCUT2D eigenvalue weighted by molar-refractivity contribution is 5.84. The van der Waals surface area contributed by atoms with Crippen molar-refractivity contribution < 1.29 is 13.9 Å². The molecule has 2 aliphatic rings. The van der Waals surface area contributed by atoms with E-state index in [4.69, 9.17) is 9.15 Å². The zero-order chi connectivity index (χ0) is 22.8. The molecule has 1 N–H and O–H groups in total. The predicted octanol–water partition coefficient (Wildman–Crippen LogP) is 4.77.